The second-order valence-electron chi connectivity index (χ2n) is 3.37. The minimum atomic E-state index is -0.730. The molecule has 2 aromatic rings. The molecule has 1 aromatic heterocycles. The summed E-state index contributed by atoms with van der Waals surface area (Å²) >= 11 is 1.29. The van der Waals surface area contributed by atoms with Crippen LogP contribution in [0.5, 0.6) is 5.75 Å². The quantitative estimate of drug-likeness (QED) is 0.908. The maximum Gasteiger partial charge on any atom is 0.205 e. The fraction of sp³-hybridized carbons (Fsp3) is 0.273. The summed E-state index contributed by atoms with van der Waals surface area (Å²) in [6, 6.07) is 3.57. The smallest absolute Gasteiger partial charge is 0.205 e. The first-order valence-corrected chi connectivity index (χ1v) is 6.15. The van der Waals surface area contributed by atoms with Crippen LogP contribution in [0.25, 0.3) is 0 Å². The number of para-hydroxylation sites is 1. The number of hydrogen-bond donors (Lipinski definition) is 1. The fourth-order valence-corrected chi connectivity index (χ4v) is 2.01. The Hall–Kier alpha value is -1.76. The summed E-state index contributed by atoms with van der Waals surface area (Å²) < 4.78 is 31.6. The zero-order valence-corrected chi connectivity index (χ0v) is 10.4. The van der Waals surface area contributed by atoms with Crippen molar-refractivity contribution in [2.24, 2.45) is 0 Å². The van der Waals surface area contributed by atoms with Crippen molar-refractivity contribution >= 4 is 16.5 Å². The zero-order valence-electron chi connectivity index (χ0n) is 9.61. The molecule has 1 N–H and O–H groups in total. The topological polar surface area (TPSA) is 47.0 Å². The molecule has 0 fully saturated rings. The van der Waals surface area contributed by atoms with Gasteiger partial charge < -0.3 is 10.1 Å². The molecule has 0 amide bonds. The molecule has 0 unspecified atom stereocenters. The SMILES string of the molecule is CCNc1nnc(COc2c(F)cccc2F)s1. The zero-order chi connectivity index (χ0) is 13.0. The molecule has 7 heteroatoms. The Kier molecular flexibility index (Phi) is 4.03. The van der Waals surface area contributed by atoms with Gasteiger partial charge in [0.25, 0.3) is 0 Å². The number of anilines is 1. The normalized spacial score (nSPS) is 10.4. The number of benzene rings is 1. The van der Waals surface area contributed by atoms with Gasteiger partial charge >= 0.3 is 0 Å². The predicted molar refractivity (Wildman–Crippen MR) is 64.8 cm³/mol. The highest BCUT2D eigenvalue weighted by Gasteiger charge is 2.11. The van der Waals surface area contributed by atoms with E-state index in [1.54, 1.807) is 0 Å². The Morgan fingerprint density at radius 2 is 2.00 bits per heavy atom. The highest BCUT2D eigenvalue weighted by atomic mass is 32.1. The molecule has 0 aliphatic rings. The highest BCUT2D eigenvalue weighted by Crippen LogP contribution is 2.23. The molecule has 1 heterocycles. The summed E-state index contributed by atoms with van der Waals surface area (Å²) in [6.45, 7) is 2.66. The molecule has 0 saturated carbocycles. The number of hydrogen-bond acceptors (Lipinski definition) is 5. The van der Waals surface area contributed by atoms with Gasteiger partial charge in [0.2, 0.25) is 5.13 Å². The predicted octanol–water partition coefficient (Wildman–Crippen LogP) is 2.83. The van der Waals surface area contributed by atoms with Crippen LogP contribution in [0.15, 0.2) is 18.2 Å². The van der Waals surface area contributed by atoms with Crippen LogP contribution in [-0.2, 0) is 6.61 Å². The lowest BCUT2D eigenvalue weighted by Crippen LogP contribution is -1.99. The fourth-order valence-electron chi connectivity index (χ4n) is 1.29. The summed E-state index contributed by atoms with van der Waals surface area (Å²) in [5, 5.41) is 11.9. The van der Waals surface area contributed by atoms with Gasteiger partial charge in [-0.25, -0.2) is 8.78 Å². The average molecular weight is 271 g/mol. The number of halogens is 2. The van der Waals surface area contributed by atoms with Crippen LogP contribution in [0.3, 0.4) is 0 Å². The molecule has 4 nitrogen and oxygen atoms in total. The lowest BCUT2D eigenvalue weighted by molar-refractivity contribution is 0.273. The first-order valence-electron chi connectivity index (χ1n) is 5.33. The number of ether oxygens (including phenoxy) is 1. The molecular weight excluding hydrogens is 260 g/mol. The molecule has 2 rings (SSSR count). The summed E-state index contributed by atoms with van der Waals surface area (Å²) in [7, 11) is 0. The van der Waals surface area contributed by atoms with Crippen molar-refractivity contribution in [2.75, 3.05) is 11.9 Å². The van der Waals surface area contributed by atoms with Gasteiger partial charge in [-0.3, -0.25) is 0 Å². The van der Waals surface area contributed by atoms with E-state index in [9.17, 15) is 8.78 Å². The van der Waals surface area contributed by atoms with Crippen molar-refractivity contribution in [3.05, 3.63) is 34.8 Å². The molecule has 0 aliphatic heterocycles. The van der Waals surface area contributed by atoms with E-state index in [-0.39, 0.29) is 6.61 Å². The third-order valence-electron chi connectivity index (χ3n) is 2.05. The molecule has 0 spiro atoms. The van der Waals surface area contributed by atoms with Crippen LogP contribution in [0.2, 0.25) is 0 Å². The number of aromatic nitrogens is 2. The lowest BCUT2D eigenvalue weighted by atomic mass is 10.3. The van der Waals surface area contributed by atoms with Gasteiger partial charge in [-0.15, -0.1) is 10.2 Å². The van der Waals surface area contributed by atoms with Crippen LogP contribution in [0, 0.1) is 11.6 Å². The van der Waals surface area contributed by atoms with Gasteiger partial charge in [0, 0.05) is 6.54 Å². The Morgan fingerprint density at radius 3 is 2.67 bits per heavy atom. The maximum absolute atomic E-state index is 13.3. The van der Waals surface area contributed by atoms with Gasteiger partial charge in [-0.05, 0) is 19.1 Å². The summed E-state index contributed by atoms with van der Waals surface area (Å²) in [6.07, 6.45) is 0. The lowest BCUT2D eigenvalue weighted by Gasteiger charge is -2.05. The monoisotopic (exact) mass is 271 g/mol. The molecule has 0 bridgehead atoms. The summed E-state index contributed by atoms with van der Waals surface area (Å²) in [5.41, 5.74) is 0. The van der Waals surface area contributed by atoms with Crippen molar-refractivity contribution in [3.63, 3.8) is 0 Å². The second-order valence-corrected chi connectivity index (χ2v) is 4.43. The molecule has 96 valence electrons. The van der Waals surface area contributed by atoms with E-state index < -0.39 is 17.4 Å². The van der Waals surface area contributed by atoms with Gasteiger partial charge in [0.05, 0.1) is 0 Å². The van der Waals surface area contributed by atoms with E-state index in [1.807, 2.05) is 6.92 Å². The van der Waals surface area contributed by atoms with Crippen molar-refractivity contribution in [1.29, 1.82) is 0 Å². The van der Waals surface area contributed by atoms with Crippen LogP contribution in [0.1, 0.15) is 11.9 Å². The van der Waals surface area contributed by atoms with E-state index in [0.29, 0.717) is 10.1 Å². The number of rotatable bonds is 5. The van der Waals surface area contributed by atoms with Gasteiger partial charge in [-0.1, -0.05) is 17.4 Å². The van der Waals surface area contributed by atoms with E-state index in [1.165, 1.54) is 17.4 Å². The maximum atomic E-state index is 13.3. The van der Waals surface area contributed by atoms with Crippen LogP contribution in [0.4, 0.5) is 13.9 Å². The highest BCUT2D eigenvalue weighted by molar-refractivity contribution is 7.15. The molecule has 0 aliphatic carbocycles. The van der Waals surface area contributed by atoms with E-state index in [4.69, 9.17) is 4.74 Å². The van der Waals surface area contributed by atoms with Crippen LogP contribution >= 0.6 is 11.3 Å². The van der Waals surface area contributed by atoms with Crippen molar-refractivity contribution in [3.8, 4) is 5.75 Å². The summed E-state index contributed by atoms with van der Waals surface area (Å²) in [5.74, 6) is -1.85. The number of nitrogens with zero attached hydrogens (tertiary/aromatic N) is 2. The Morgan fingerprint density at radius 1 is 1.28 bits per heavy atom. The van der Waals surface area contributed by atoms with E-state index in [2.05, 4.69) is 15.5 Å². The van der Waals surface area contributed by atoms with E-state index >= 15 is 0 Å². The molecular formula is C11H11F2N3OS. The van der Waals surface area contributed by atoms with Gasteiger partial charge in [-0.2, -0.15) is 0 Å². The third kappa shape index (κ3) is 2.92. The number of nitrogens with one attached hydrogen (secondary N) is 1. The first kappa shape index (κ1) is 12.7. The molecule has 18 heavy (non-hydrogen) atoms. The minimum absolute atomic E-state index is 0.0130. The van der Waals surface area contributed by atoms with Gasteiger partial charge in [0.1, 0.15) is 6.61 Å². The molecule has 0 radical (unpaired) electrons. The second kappa shape index (κ2) is 5.72. The molecule has 0 atom stereocenters. The standard InChI is InChI=1S/C11H11F2N3OS/c1-2-14-11-16-15-9(18-11)6-17-10-7(12)4-3-5-8(10)13/h3-5H,2,6H2,1H3,(H,14,16). The van der Waals surface area contributed by atoms with Crippen LogP contribution in [-0.4, -0.2) is 16.7 Å². The average Bonchev–Trinajstić information content (AvgIpc) is 2.77. The Bertz CT molecular complexity index is 513. The van der Waals surface area contributed by atoms with E-state index in [0.717, 1.165) is 18.7 Å². The molecule has 0 saturated heterocycles. The van der Waals surface area contributed by atoms with Crippen molar-refractivity contribution in [1.82, 2.24) is 10.2 Å². The minimum Gasteiger partial charge on any atom is -0.480 e. The van der Waals surface area contributed by atoms with Crippen molar-refractivity contribution in [2.45, 2.75) is 13.5 Å². The molecule has 1 aromatic carbocycles. The van der Waals surface area contributed by atoms with Crippen LogP contribution < -0.4 is 10.1 Å². The van der Waals surface area contributed by atoms with Crippen molar-refractivity contribution < 1.29 is 13.5 Å². The first-order chi connectivity index (χ1) is 8.70. The summed E-state index contributed by atoms with van der Waals surface area (Å²) in [4.78, 5) is 0. The van der Waals surface area contributed by atoms with Gasteiger partial charge in [0.15, 0.2) is 22.4 Å². The Labute approximate surface area is 107 Å². The largest absolute Gasteiger partial charge is 0.480 e. The third-order valence-corrected chi connectivity index (χ3v) is 2.91. The Balaban J connectivity index is 2.02.